The third kappa shape index (κ3) is 3.74. The number of hydrogen-bond donors (Lipinski definition) is 0. The minimum absolute atomic E-state index is 0.103. The van der Waals surface area contributed by atoms with E-state index >= 15 is 0 Å². The summed E-state index contributed by atoms with van der Waals surface area (Å²) in [4.78, 5) is 16.9. The number of nitrogens with zero attached hydrogens (tertiary/aromatic N) is 2. The van der Waals surface area contributed by atoms with E-state index < -0.39 is 0 Å². The van der Waals surface area contributed by atoms with Crippen LogP contribution in [0.15, 0.2) is 18.2 Å². The van der Waals surface area contributed by atoms with Gasteiger partial charge in [0, 0.05) is 30.2 Å². The summed E-state index contributed by atoms with van der Waals surface area (Å²) in [5.41, 5.74) is 1.68. The SMILES string of the molecule is CCN(CCN1CCCC1)C(=O)c1ccc(Cl)c(C)c1. The van der Waals surface area contributed by atoms with E-state index in [-0.39, 0.29) is 5.91 Å². The molecule has 1 aliphatic rings. The highest BCUT2D eigenvalue weighted by molar-refractivity contribution is 6.31. The highest BCUT2D eigenvalue weighted by Gasteiger charge is 2.17. The molecule has 0 spiro atoms. The van der Waals surface area contributed by atoms with E-state index in [0.717, 1.165) is 30.8 Å². The van der Waals surface area contributed by atoms with Gasteiger partial charge in [-0.15, -0.1) is 0 Å². The van der Waals surface area contributed by atoms with Gasteiger partial charge in [0.1, 0.15) is 0 Å². The van der Waals surface area contributed by atoms with Crippen LogP contribution in [0.1, 0.15) is 35.7 Å². The molecule has 1 fully saturated rings. The van der Waals surface area contributed by atoms with Crippen molar-refractivity contribution in [3.8, 4) is 0 Å². The van der Waals surface area contributed by atoms with E-state index in [1.54, 1.807) is 6.07 Å². The summed E-state index contributed by atoms with van der Waals surface area (Å²) in [6, 6.07) is 5.50. The van der Waals surface area contributed by atoms with E-state index in [0.29, 0.717) is 5.02 Å². The van der Waals surface area contributed by atoms with Gasteiger partial charge in [-0.1, -0.05) is 11.6 Å². The molecule has 1 aromatic rings. The molecule has 4 heteroatoms. The van der Waals surface area contributed by atoms with E-state index in [2.05, 4.69) is 4.90 Å². The highest BCUT2D eigenvalue weighted by Crippen LogP contribution is 2.17. The lowest BCUT2D eigenvalue weighted by atomic mass is 10.1. The average Bonchev–Trinajstić information content (AvgIpc) is 2.95. The van der Waals surface area contributed by atoms with Crippen molar-refractivity contribution in [1.82, 2.24) is 9.80 Å². The molecular weight excluding hydrogens is 272 g/mol. The normalized spacial score (nSPS) is 15.6. The van der Waals surface area contributed by atoms with Gasteiger partial charge in [-0.2, -0.15) is 0 Å². The van der Waals surface area contributed by atoms with E-state index in [1.165, 1.54) is 25.9 Å². The standard InChI is InChI=1S/C16H23ClN2O/c1-3-19(11-10-18-8-4-5-9-18)16(20)14-6-7-15(17)13(2)12-14/h6-7,12H,3-5,8-11H2,1-2H3. The van der Waals surface area contributed by atoms with Crippen LogP contribution in [0.3, 0.4) is 0 Å². The Kier molecular flexibility index (Phi) is 5.44. The number of aryl methyl sites for hydroxylation is 1. The number of benzene rings is 1. The number of carbonyl (C=O) groups excluding carboxylic acids is 1. The zero-order chi connectivity index (χ0) is 14.5. The van der Waals surface area contributed by atoms with Crippen molar-refractivity contribution in [2.45, 2.75) is 26.7 Å². The van der Waals surface area contributed by atoms with Gasteiger partial charge in [-0.25, -0.2) is 0 Å². The fourth-order valence-electron chi connectivity index (χ4n) is 2.63. The van der Waals surface area contributed by atoms with E-state index in [4.69, 9.17) is 11.6 Å². The van der Waals surface area contributed by atoms with Crippen LogP contribution < -0.4 is 0 Å². The Hall–Kier alpha value is -1.06. The molecule has 1 amide bonds. The molecule has 110 valence electrons. The smallest absolute Gasteiger partial charge is 0.253 e. The predicted octanol–water partition coefficient (Wildman–Crippen LogP) is 3.21. The molecule has 1 aliphatic heterocycles. The van der Waals surface area contributed by atoms with Crippen molar-refractivity contribution in [2.24, 2.45) is 0 Å². The van der Waals surface area contributed by atoms with Crippen LogP contribution in [-0.4, -0.2) is 48.4 Å². The van der Waals surface area contributed by atoms with Gasteiger partial charge >= 0.3 is 0 Å². The van der Waals surface area contributed by atoms with Crippen LogP contribution in [0.2, 0.25) is 5.02 Å². The Labute approximate surface area is 126 Å². The molecule has 0 aromatic heterocycles. The van der Waals surface area contributed by atoms with Crippen LogP contribution in [0.4, 0.5) is 0 Å². The lowest BCUT2D eigenvalue weighted by molar-refractivity contribution is 0.0749. The van der Waals surface area contributed by atoms with E-state index in [9.17, 15) is 4.79 Å². The first-order valence-corrected chi connectivity index (χ1v) is 7.77. The Morgan fingerprint density at radius 1 is 1.35 bits per heavy atom. The van der Waals surface area contributed by atoms with Gasteiger partial charge in [-0.3, -0.25) is 4.79 Å². The second-order valence-electron chi connectivity index (χ2n) is 5.40. The van der Waals surface area contributed by atoms with Crippen molar-refractivity contribution in [2.75, 3.05) is 32.7 Å². The first-order chi connectivity index (χ1) is 9.61. The minimum atomic E-state index is 0.103. The van der Waals surface area contributed by atoms with Crippen LogP contribution >= 0.6 is 11.6 Å². The van der Waals surface area contributed by atoms with Crippen molar-refractivity contribution < 1.29 is 4.79 Å². The summed E-state index contributed by atoms with van der Waals surface area (Å²) in [5.74, 6) is 0.103. The summed E-state index contributed by atoms with van der Waals surface area (Å²) >= 11 is 6.01. The number of rotatable bonds is 5. The third-order valence-electron chi connectivity index (χ3n) is 3.96. The largest absolute Gasteiger partial charge is 0.338 e. The number of amides is 1. The van der Waals surface area contributed by atoms with Crippen LogP contribution in [0.25, 0.3) is 0 Å². The summed E-state index contributed by atoms with van der Waals surface area (Å²) in [7, 11) is 0. The number of likely N-dealkylation sites (tertiary alicyclic amines) is 1. The molecule has 0 unspecified atom stereocenters. The molecule has 3 nitrogen and oxygen atoms in total. The molecule has 0 atom stereocenters. The van der Waals surface area contributed by atoms with Gasteiger partial charge < -0.3 is 9.80 Å². The Balaban J connectivity index is 1.98. The number of halogens is 1. The fraction of sp³-hybridized carbons (Fsp3) is 0.562. The monoisotopic (exact) mass is 294 g/mol. The molecule has 0 aliphatic carbocycles. The molecule has 1 heterocycles. The quantitative estimate of drug-likeness (QED) is 0.832. The fourth-order valence-corrected chi connectivity index (χ4v) is 2.75. The Morgan fingerprint density at radius 3 is 2.65 bits per heavy atom. The van der Waals surface area contributed by atoms with Crippen molar-refractivity contribution in [3.63, 3.8) is 0 Å². The first kappa shape index (κ1) is 15.3. The van der Waals surface area contributed by atoms with E-state index in [1.807, 2.05) is 30.9 Å². The second-order valence-corrected chi connectivity index (χ2v) is 5.80. The van der Waals surface area contributed by atoms with Gasteiger partial charge in [0.25, 0.3) is 5.91 Å². The topological polar surface area (TPSA) is 23.6 Å². The molecule has 0 N–H and O–H groups in total. The highest BCUT2D eigenvalue weighted by atomic mass is 35.5. The molecule has 20 heavy (non-hydrogen) atoms. The molecule has 0 bridgehead atoms. The lowest BCUT2D eigenvalue weighted by Crippen LogP contribution is -2.37. The molecule has 1 saturated heterocycles. The Morgan fingerprint density at radius 2 is 2.05 bits per heavy atom. The second kappa shape index (κ2) is 7.09. The summed E-state index contributed by atoms with van der Waals surface area (Å²) in [6.45, 7) is 8.83. The van der Waals surface area contributed by atoms with Crippen LogP contribution in [0.5, 0.6) is 0 Å². The van der Waals surface area contributed by atoms with Gasteiger partial charge in [0.2, 0.25) is 0 Å². The maximum absolute atomic E-state index is 12.5. The average molecular weight is 295 g/mol. The van der Waals surface area contributed by atoms with Gasteiger partial charge in [0.15, 0.2) is 0 Å². The number of likely N-dealkylation sites (N-methyl/N-ethyl adjacent to an activating group) is 1. The number of hydrogen-bond acceptors (Lipinski definition) is 2. The lowest BCUT2D eigenvalue weighted by Gasteiger charge is -2.24. The zero-order valence-corrected chi connectivity index (χ0v) is 13.1. The van der Waals surface area contributed by atoms with Crippen molar-refractivity contribution in [1.29, 1.82) is 0 Å². The summed E-state index contributed by atoms with van der Waals surface area (Å²) in [5, 5.41) is 0.710. The first-order valence-electron chi connectivity index (χ1n) is 7.39. The predicted molar refractivity (Wildman–Crippen MR) is 83.4 cm³/mol. The van der Waals surface area contributed by atoms with Crippen molar-refractivity contribution in [3.05, 3.63) is 34.3 Å². The van der Waals surface area contributed by atoms with Crippen LogP contribution in [-0.2, 0) is 0 Å². The zero-order valence-electron chi connectivity index (χ0n) is 12.4. The van der Waals surface area contributed by atoms with Crippen molar-refractivity contribution >= 4 is 17.5 Å². The molecule has 1 aromatic carbocycles. The Bertz CT molecular complexity index is 470. The maximum Gasteiger partial charge on any atom is 0.253 e. The molecule has 0 radical (unpaired) electrons. The molecule has 2 rings (SSSR count). The third-order valence-corrected chi connectivity index (χ3v) is 4.38. The maximum atomic E-state index is 12.5. The summed E-state index contributed by atoms with van der Waals surface area (Å²) in [6.07, 6.45) is 2.58. The molecular formula is C16H23ClN2O. The van der Waals surface area contributed by atoms with Gasteiger partial charge in [-0.05, 0) is 63.5 Å². The minimum Gasteiger partial charge on any atom is -0.338 e. The summed E-state index contributed by atoms with van der Waals surface area (Å²) < 4.78 is 0. The van der Waals surface area contributed by atoms with Gasteiger partial charge in [0.05, 0.1) is 0 Å². The number of carbonyl (C=O) groups is 1. The van der Waals surface area contributed by atoms with Crippen LogP contribution in [0, 0.1) is 6.92 Å². The molecule has 0 saturated carbocycles.